The second kappa shape index (κ2) is 8.52. The van der Waals surface area contributed by atoms with Crippen LogP contribution in [0.4, 0.5) is 4.39 Å². The van der Waals surface area contributed by atoms with Crippen LogP contribution in [-0.4, -0.2) is 52.5 Å². The van der Waals surface area contributed by atoms with E-state index >= 15 is 0 Å². The topological polar surface area (TPSA) is 43.2 Å². The fourth-order valence-electron chi connectivity index (χ4n) is 4.79. The van der Waals surface area contributed by atoms with Gasteiger partial charge in [-0.2, -0.15) is 5.10 Å². The minimum atomic E-state index is -0.229. The zero-order valence-corrected chi connectivity index (χ0v) is 17.1. The first-order valence-electron chi connectivity index (χ1n) is 11.3. The molecule has 3 heterocycles. The molecule has 1 aliphatic carbocycles. The molecule has 0 amide bonds. The van der Waals surface area contributed by atoms with Crippen LogP contribution in [0.25, 0.3) is 5.69 Å². The predicted octanol–water partition coefficient (Wildman–Crippen LogP) is 4.28. The molecule has 1 aromatic heterocycles. The van der Waals surface area contributed by atoms with Gasteiger partial charge in [-0.25, -0.2) is 14.1 Å². The van der Waals surface area contributed by atoms with Gasteiger partial charge in [-0.1, -0.05) is 6.07 Å². The van der Waals surface area contributed by atoms with Crippen LogP contribution in [-0.2, 0) is 4.74 Å². The normalized spacial score (nSPS) is 24.5. The van der Waals surface area contributed by atoms with E-state index in [0.29, 0.717) is 11.8 Å². The molecule has 2 aromatic rings. The van der Waals surface area contributed by atoms with Crippen LogP contribution in [0.5, 0.6) is 0 Å². The van der Waals surface area contributed by atoms with E-state index in [4.69, 9.17) is 14.8 Å². The number of halogens is 1. The van der Waals surface area contributed by atoms with Crippen molar-refractivity contribution in [2.75, 3.05) is 32.8 Å². The first-order valence-corrected chi connectivity index (χ1v) is 11.3. The predicted molar refractivity (Wildman–Crippen MR) is 110 cm³/mol. The molecule has 3 fully saturated rings. The molecule has 29 heavy (non-hydrogen) atoms. The summed E-state index contributed by atoms with van der Waals surface area (Å²) in [4.78, 5) is 7.70. The highest BCUT2D eigenvalue weighted by molar-refractivity contribution is 5.33. The number of rotatable bonds is 5. The molecule has 156 valence electrons. The standard InChI is InChI=1S/C23H31FN4O/c24-20-4-1-5-21(15-20)28-23(25-22(26-28)18-9-13-29-14-10-18)19-3-2-11-27(12-8-19)16-17-6-7-17/h1,4-5,15,17-19H,2-3,6-14,16H2. The largest absolute Gasteiger partial charge is 0.381 e. The molecule has 1 saturated carbocycles. The van der Waals surface area contributed by atoms with Gasteiger partial charge in [0.05, 0.1) is 5.69 Å². The quantitative estimate of drug-likeness (QED) is 0.754. The average Bonchev–Trinajstić information content (AvgIpc) is 3.50. The van der Waals surface area contributed by atoms with E-state index in [9.17, 15) is 4.39 Å². The van der Waals surface area contributed by atoms with Crippen LogP contribution >= 0.6 is 0 Å². The number of hydrogen-bond donors (Lipinski definition) is 0. The van der Waals surface area contributed by atoms with Crippen molar-refractivity contribution in [1.29, 1.82) is 0 Å². The summed E-state index contributed by atoms with van der Waals surface area (Å²) >= 11 is 0. The Morgan fingerprint density at radius 3 is 2.66 bits per heavy atom. The molecule has 0 radical (unpaired) electrons. The zero-order valence-electron chi connectivity index (χ0n) is 17.1. The molecular weight excluding hydrogens is 367 g/mol. The number of ether oxygens (including phenoxy) is 1. The first-order chi connectivity index (χ1) is 14.3. The minimum absolute atomic E-state index is 0.229. The third-order valence-electron chi connectivity index (χ3n) is 6.69. The molecule has 0 bridgehead atoms. The van der Waals surface area contributed by atoms with Gasteiger partial charge in [-0.05, 0) is 82.2 Å². The SMILES string of the molecule is Fc1cccc(-n2nc(C3CCOCC3)nc2C2CCCN(CC3CC3)CC2)c1. The van der Waals surface area contributed by atoms with Gasteiger partial charge in [0.2, 0.25) is 0 Å². The molecule has 2 aliphatic heterocycles. The Labute approximate surface area is 172 Å². The first kappa shape index (κ1) is 19.2. The second-order valence-corrected chi connectivity index (χ2v) is 8.98. The maximum Gasteiger partial charge on any atom is 0.154 e. The van der Waals surface area contributed by atoms with Crippen molar-refractivity contribution in [2.24, 2.45) is 5.92 Å². The van der Waals surface area contributed by atoms with Crippen LogP contribution in [0.15, 0.2) is 24.3 Å². The van der Waals surface area contributed by atoms with Gasteiger partial charge in [0.25, 0.3) is 0 Å². The molecule has 0 spiro atoms. The lowest BCUT2D eigenvalue weighted by Gasteiger charge is -2.19. The van der Waals surface area contributed by atoms with Crippen molar-refractivity contribution in [3.05, 3.63) is 41.7 Å². The van der Waals surface area contributed by atoms with E-state index in [1.54, 1.807) is 12.1 Å². The summed E-state index contributed by atoms with van der Waals surface area (Å²) in [6, 6.07) is 6.75. The van der Waals surface area contributed by atoms with Gasteiger partial charge >= 0.3 is 0 Å². The Balaban J connectivity index is 1.42. The van der Waals surface area contributed by atoms with E-state index in [-0.39, 0.29) is 5.82 Å². The van der Waals surface area contributed by atoms with Crippen molar-refractivity contribution in [3.8, 4) is 5.69 Å². The van der Waals surface area contributed by atoms with Gasteiger partial charge in [0, 0.05) is 31.6 Å². The van der Waals surface area contributed by atoms with E-state index in [2.05, 4.69) is 4.90 Å². The number of likely N-dealkylation sites (tertiary alicyclic amines) is 1. The van der Waals surface area contributed by atoms with Crippen molar-refractivity contribution in [3.63, 3.8) is 0 Å². The summed E-state index contributed by atoms with van der Waals surface area (Å²) < 4.78 is 21.4. The van der Waals surface area contributed by atoms with Crippen molar-refractivity contribution >= 4 is 0 Å². The lowest BCUT2D eigenvalue weighted by atomic mass is 9.98. The van der Waals surface area contributed by atoms with E-state index in [1.807, 2.05) is 10.7 Å². The van der Waals surface area contributed by atoms with Crippen LogP contribution in [0.1, 0.15) is 68.4 Å². The van der Waals surface area contributed by atoms with Gasteiger partial charge in [-0.15, -0.1) is 0 Å². The Morgan fingerprint density at radius 1 is 1.00 bits per heavy atom. The smallest absolute Gasteiger partial charge is 0.154 e. The van der Waals surface area contributed by atoms with E-state index in [1.165, 1.54) is 38.4 Å². The molecule has 1 aromatic carbocycles. The fourth-order valence-corrected chi connectivity index (χ4v) is 4.79. The molecule has 1 unspecified atom stereocenters. The zero-order chi connectivity index (χ0) is 19.6. The maximum absolute atomic E-state index is 13.9. The van der Waals surface area contributed by atoms with Crippen molar-refractivity contribution in [2.45, 2.75) is 56.8 Å². The summed E-state index contributed by atoms with van der Waals surface area (Å²) in [6.07, 6.45) is 8.17. The number of aromatic nitrogens is 3. The van der Waals surface area contributed by atoms with Gasteiger partial charge < -0.3 is 9.64 Å². The molecule has 2 saturated heterocycles. The monoisotopic (exact) mass is 398 g/mol. The van der Waals surface area contributed by atoms with Crippen LogP contribution in [0.3, 0.4) is 0 Å². The fraction of sp³-hybridized carbons (Fsp3) is 0.652. The highest BCUT2D eigenvalue weighted by atomic mass is 19.1. The number of nitrogens with zero attached hydrogens (tertiary/aromatic N) is 4. The van der Waals surface area contributed by atoms with Crippen LogP contribution < -0.4 is 0 Å². The van der Waals surface area contributed by atoms with Gasteiger partial charge in [-0.3, -0.25) is 0 Å². The molecule has 0 N–H and O–H groups in total. The molecule has 6 heteroatoms. The van der Waals surface area contributed by atoms with Crippen molar-refractivity contribution in [1.82, 2.24) is 19.7 Å². The molecular formula is C23H31FN4O. The third kappa shape index (κ3) is 4.53. The summed E-state index contributed by atoms with van der Waals surface area (Å²) in [6.45, 7) is 5.12. The molecule has 5 nitrogen and oxygen atoms in total. The number of benzene rings is 1. The minimum Gasteiger partial charge on any atom is -0.381 e. The molecule has 1 atom stereocenters. The van der Waals surface area contributed by atoms with Crippen LogP contribution in [0, 0.1) is 11.7 Å². The highest BCUT2D eigenvalue weighted by Crippen LogP contribution is 2.34. The Kier molecular flexibility index (Phi) is 5.64. The summed E-state index contributed by atoms with van der Waals surface area (Å²) in [7, 11) is 0. The summed E-state index contributed by atoms with van der Waals surface area (Å²) in [5.74, 6) is 3.35. The average molecular weight is 399 g/mol. The molecule has 3 aliphatic rings. The lowest BCUT2D eigenvalue weighted by Crippen LogP contribution is -2.27. The molecule has 5 rings (SSSR count). The van der Waals surface area contributed by atoms with Gasteiger partial charge in [0.15, 0.2) is 5.82 Å². The van der Waals surface area contributed by atoms with Crippen molar-refractivity contribution < 1.29 is 9.13 Å². The van der Waals surface area contributed by atoms with E-state index in [0.717, 1.165) is 68.7 Å². The maximum atomic E-state index is 13.9. The number of hydrogen-bond acceptors (Lipinski definition) is 4. The summed E-state index contributed by atoms with van der Waals surface area (Å²) in [5, 5.41) is 4.90. The lowest BCUT2D eigenvalue weighted by molar-refractivity contribution is 0.0836. The Morgan fingerprint density at radius 2 is 1.86 bits per heavy atom. The van der Waals surface area contributed by atoms with E-state index < -0.39 is 0 Å². The highest BCUT2D eigenvalue weighted by Gasteiger charge is 2.30. The third-order valence-corrected chi connectivity index (χ3v) is 6.69. The Hall–Kier alpha value is -1.79. The Bertz CT molecular complexity index is 828. The van der Waals surface area contributed by atoms with Gasteiger partial charge in [0.1, 0.15) is 11.6 Å². The van der Waals surface area contributed by atoms with Crippen LogP contribution in [0.2, 0.25) is 0 Å². The summed E-state index contributed by atoms with van der Waals surface area (Å²) in [5.41, 5.74) is 0.782. The second-order valence-electron chi connectivity index (χ2n) is 8.98.